The number of nitrogens with two attached hydrogens (primary N) is 1. The van der Waals surface area contributed by atoms with E-state index in [1.807, 2.05) is 20.8 Å². The van der Waals surface area contributed by atoms with Gasteiger partial charge in [-0.3, -0.25) is 4.98 Å². The van der Waals surface area contributed by atoms with E-state index >= 15 is 0 Å². The molecule has 1 rings (SSSR count). The molecule has 1 aromatic heterocycles. The first-order valence-electron chi connectivity index (χ1n) is 3.89. The molecule has 0 unspecified atom stereocenters. The molecule has 1 aromatic rings. The minimum atomic E-state index is -0.501. The van der Waals surface area contributed by atoms with E-state index in [9.17, 15) is 4.79 Å². The van der Waals surface area contributed by atoms with Gasteiger partial charge < -0.3 is 11.1 Å². The summed E-state index contributed by atoms with van der Waals surface area (Å²) in [5.41, 5.74) is 4.64. The van der Waals surface area contributed by atoms with Crippen LogP contribution in [-0.4, -0.2) is 20.5 Å². The van der Waals surface area contributed by atoms with Crippen molar-refractivity contribution in [1.29, 1.82) is 0 Å². The smallest absolute Gasteiger partial charge is 0.350 e. The number of nitrogen functional groups attached to an aromatic ring is 1. The number of nitrogens with one attached hydrogen (secondary N) is 2. The van der Waals surface area contributed by atoms with Crippen molar-refractivity contribution in [3.8, 4) is 0 Å². The van der Waals surface area contributed by atoms with Crippen LogP contribution < -0.4 is 16.7 Å². The number of nitrogens with zero attached hydrogens (tertiary/aromatic N) is 2. The molecule has 6 heteroatoms. The van der Waals surface area contributed by atoms with Crippen molar-refractivity contribution in [1.82, 2.24) is 15.0 Å². The fourth-order valence-corrected chi connectivity index (χ4v) is 0.792. The molecule has 4 N–H and O–H groups in total. The van der Waals surface area contributed by atoms with Crippen LogP contribution in [0.15, 0.2) is 4.79 Å². The normalized spacial score (nSPS) is 11.3. The molecule has 0 aromatic carbocycles. The van der Waals surface area contributed by atoms with Crippen LogP contribution in [0.4, 0.5) is 11.9 Å². The van der Waals surface area contributed by atoms with Gasteiger partial charge in [-0.2, -0.15) is 9.97 Å². The quantitative estimate of drug-likeness (QED) is 0.567. The third-order valence-electron chi connectivity index (χ3n) is 1.16. The minimum Gasteiger partial charge on any atom is -0.369 e. The van der Waals surface area contributed by atoms with Crippen molar-refractivity contribution in [3.05, 3.63) is 10.5 Å². The zero-order valence-corrected chi connectivity index (χ0v) is 7.88. The summed E-state index contributed by atoms with van der Waals surface area (Å²) >= 11 is 0. The Morgan fingerprint density at radius 2 is 2.00 bits per heavy atom. The molecule has 0 aliphatic rings. The lowest BCUT2D eigenvalue weighted by molar-refractivity contribution is 0.624. The molecule has 6 nitrogen and oxygen atoms in total. The second-order valence-electron chi connectivity index (χ2n) is 3.74. The number of aromatic amines is 1. The van der Waals surface area contributed by atoms with Crippen LogP contribution in [0.25, 0.3) is 0 Å². The SMILES string of the molecule is CC(C)(C)Nc1nc(N)[nH]c(=O)n1. The van der Waals surface area contributed by atoms with Gasteiger partial charge in [0.2, 0.25) is 11.9 Å². The highest BCUT2D eigenvalue weighted by Crippen LogP contribution is 2.07. The van der Waals surface area contributed by atoms with Crippen LogP contribution in [0.2, 0.25) is 0 Å². The van der Waals surface area contributed by atoms with Gasteiger partial charge in [-0.15, -0.1) is 0 Å². The van der Waals surface area contributed by atoms with Crippen LogP contribution >= 0.6 is 0 Å². The van der Waals surface area contributed by atoms with E-state index < -0.39 is 5.69 Å². The summed E-state index contributed by atoms with van der Waals surface area (Å²) in [5.74, 6) is 0.306. The largest absolute Gasteiger partial charge is 0.369 e. The van der Waals surface area contributed by atoms with Crippen LogP contribution in [0.3, 0.4) is 0 Å². The molecular weight excluding hydrogens is 170 g/mol. The molecule has 0 atom stereocenters. The van der Waals surface area contributed by atoms with E-state index in [1.165, 1.54) is 0 Å². The lowest BCUT2D eigenvalue weighted by atomic mass is 10.1. The fraction of sp³-hybridized carbons (Fsp3) is 0.571. The Hall–Kier alpha value is -1.59. The second kappa shape index (κ2) is 3.04. The van der Waals surface area contributed by atoms with Crippen molar-refractivity contribution in [2.75, 3.05) is 11.1 Å². The molecule has 72 valence electrons. The summed E-state index contributed by atoms with van der Waals surface area (Å²) in [7, 11) is 0. The van der Waals surface area contributed by atoms with Gasteiger partial charge in [-0.25, -0.2) is 4.79 Å². The molecule has 0 aliphatic heterocycles. The fourth-order valence-electron chi connectivity index (χ4n) is 0.792. The van der Waals surface area contributed by atoms with E-state index in [0.717, 1.165) is 0 Å². The van der Waals surface area contributed by atoms with Crippen LogP contribution in [0.5, 0.6) is 0 Å². The van der Waals surface area contributed by atoms with Gasteiger partial charge in [-0.05, 0) is 20.8 Å². The van der Waals surface area contributed by atoms with E-state index in [-0.39, 0.29) is 17.4 Å². The molecule has 0 amide bonds. The number of hydrogen-bond acceptors (Lipinski definition) is 5. The van der Waals surface area contributed by atoms with Gasteiger partial charge in [0.05, 0.1) is 0 Å². The van der Waals surface area contributed by atoms with Gasteiger partial charge in [0.1, 0.15) is 0 Å². The highest BCUT2D eigenvalue weighted by molar-refractivity contribution is 5.31. The molecule has 0 saturated carbocycles. The number of aromatic nitrogens is 3. The summed E-state index contributed by atoms with van der Waals surface area (Å²) in [6, 6.07) is 0. The van der Waals surface area contributed by atoms with Crippen molar-refractivity contribution in [3.63, 3.8) is 0 Å². The van der Waals surface area contributed by atoms with Crippen LogP contribution in [0.1, 0.15) is 20.8 Å². The summed E-state index contributed by atoms with van der Waals surface area (Å²) in [4.78, 5) is 20.6. The Bertz CT molecular complexity index is 351. The van der Waals surface area contributed by atoms with Gasteiger partial charge >= 0.3 is 5.69 Å². The van der Waals surface area contributed by atoms with Crippen molar-refractivity contribution in [2.45, 2.75) is 26.3 Å². The third kappa shape index (κ3) is 3.10. The maximum absolute atomic E-state index is 10.9. The minimum absolute atomic E-state index is 0.0618. The molecule has 0 radical (unpaired) electrons. The zero-order chi connectivity index (χ0) is 10.1. The molecule has 0 aliphatic carbocycles. The Morgan fingerprint density at radius 1 is 1.38 bits per heavy atom. The van der Waals surface area contributed by atoms with E-state index in [4.69, 9.17) is 5.73 Å². The summed E-state index contributed by atoms with van der Waals surface area (Å²) < 4.78 is 0. The summed E-state index contributed by atoms with van der Waals surface area (Å²) in [6.45, 7) is 5.81. The van der Waals surface area contributed by atoms with E-state index in [0.29, 0.717) is 0 Å². The first-order chi connectivity index (χ1) is 5.87. The predicted molar refractivity (Wildman–Crippen MR) is 50.4 cm³/mol. The zero-order valence-electron chi connectivity index (χ0n) is 7.88. The average molecular weight is 183 g/mol. The molecule has 0 spiro atoms. The molecule has 0 bridgehead atoms. The highest BCUT2D eigenvalue weighted by Gasteiger charge is 2.11. The number of anilines is 2. The van der Waals surface area contributed by atoms with Crippen molar-refractivity contribution >= 4 is 11.9 Å². The third-order valence-corrected chi connectivity index (χ3v) is 1.16. The van der Waals surface area contributed by atoms with Crippen molar-refractivity contribution < 1.29 is 0 Å². The molecule has 0 fully saturated rings. The maximum Gasteiger partial charge on any atom is 0.350 e. The highest BCUT2D eigenvalue weighted by atomic mass is 16.1. The first-order valence-corrected chi connectivity index (χ1v) is 3.89. The molecular formula is C7H13N5O. The van der Waals surface area contributed by atoms with Crippen LogP contribution in [0, 0.1) is 0 Å². The summed E-state index contributed by atoms with van der Waals surface area (Å²) in [6.07, 6.45) is 0. The Morgan fingerprint density at radius 3 is 2.46 bits per heavy atom. The molecule has 0 saturated heterocycles. The van der Waals surface area contributed by atoms with E-state index in [2.05, 4.69) is 20.3 Å². The first kappa shape index (κ1) is 9.50. The van der Waals surface area contributed by atoms with Gasteiger partial charge in [0.25, 0.3) is 0 Å². The Labute approximate surface area is 75.6 Å². The van der Waals surface area contributed by atoms with Gasteiger partial charge in [0, 0.05) is 5.54 Å². The second-order valence-corrected chi connectivity index (χ2v) is 3.74. The Balaban J connectivity index is 2.96. The number of rotatable bonds is 1. The van der Waals surface area contributed by atoms with E-state index in [1.54, 1.807) is 0 Å². The van der Waals surface area contributed by atoms with Gasteiger partial charge in [0.15, 0.2) is 0 Å². The monoisotopic (exact) mass is 183 g/mol. The predicted octanol–water partition coefficient (Wildman–Crippen LogP) is -0.0425. The topological polar surface area (TPSA) is 96.7 Å². The maximum atomic E-state index is 10.9. The number of H-pyrrole nitrogens is 1. The van der Waals surface area contributed by atoms with Crippen LogP contribution in [-0.2, 0) is 0 Å². The Kier molecular flexibility index (Phi) is 2.22. The summed E-state index contributed by atoms with van der Waals surface area (Å²) in [5, 5.41) is 2.94. The lowest BCUT2D eigenvalue weighted by Crippen LogP contribution is -2.29. The molecule has 13 heavy (non-hydrogen) atoms. The van der Waals surface area contributed by atoms with Gasteiger partial charge in [-0.1, -0.05) is 0 Å². The molecule has 1 heterocycles. The number of hydrogen-bond donors (Lipinski definition) is 3. The average Bonchev–Trinajstić information content (AvgIpc) is 1.78. The standard InChI is InChI=1S/C7H13N5O/c1-7(2,3)12-5-9-4(8)10-6(13)11-5/h1-3H3,(H4,8,9,10,11,12,13). The lowest BCUT2D eigenvalue weighted by Gasteiger charge is -2.19. The van der Waals surface area contributed by atoms with Crippen molar-refractivity contribution in [2.24, 2.45) is 0 Å².